The van der Waals surface area contributed by atoms with E-state index in [0.717, 1.165) is 18.9 Å². The summed E-state index contributed by atoms with van der Waals surface area (Å²) in [6.45, 7) is 5.22. The molecule has 1 aliphatic heterocycles. The lowest BCUT2D eigenvalue weighted by atomic mass is 9.79. The van der Waals surface area contributed by atoms with Gasteiger partial charge in [-0.2, -0.15) is 8.42 Å². The summed E-state index contributed by atoms with van der Waals surface area (Å²) in [5, 5.41) is 9.46. The predicted molar refractivity (Wildman–Crippen MR) is 126 cm³/mol. The number of aromatic carboxylic acids is 1. The fourth-order valence-electron chi connectivity index (χ4n) is 4.29. The molecule has 0 amide bonds. The Morgan fingerprint density at radius 1 is 1.29 bits per heavy atom. The molecular weight excluding hydrogens is 469 g/mol. The van der Waals surface area contributed by atoms with Crippen molar-refractivity contribution in [1.29, 1.82) is 0 Å². The second-order valence-corrected chi connectivity index (χ2v) is 11.0. The molecule has 12 heteroatoms. The van der Waals surface area contributed by atoms with E-state index in [1.54, 1.807) is 4.57 Å². The van der Waals surface area contributed by atoms with Crippen molar-refractivity contribution in [2.45, 2.75) is 45.2 Å². The van der Waals surface area contributed by atoms with Gasteiger partial charge in [-0.25, -0.2) is 9.18 Å². The number of hydrogen-bond acceptors (Lipinski definition) is 7. The maximum atomic E-state index is 15.3. The number of aromatic nitrogens is 1. The summed E-state index contributed by atoms with van der Waals surface area (Å²) < 4.78 is 48.6. The van der Waals surface area contributed by atoms with Crippen LogP contribution in [0.1, 0.15) is 49.5 Å². The summed E-state index contributed by atoms with van der Waals surface area (Å²) in [5.41, 5.74) is 5.72. The number of rotatable bonds is 4. The topological polar surface area (TPSA) is 152 Å². The third-order valence-corrected chi connectivity index (χ3v) is 6.20. The molecule has 0 radical (unpaired) electrons. The number of nitrogens with zero attached hydrogens (tertiary/aromatic N) is 2. The van der Waals surface area contributed by atoms with Crippen molar-refractivity contribution in [2.24, 2.45) is 11.1 Å². The molecule has 0 unspecified atom stereocenters. The van der Waals surface area contributed by atoms with E-state index in [-0.39, 0.29) is 34.2 Å². The first-order valence-corrected chi connectivity index (χ1v) is 12.6. The third-order valence-electron chi connectivity index (χ3n) is 6.20. The van der Waals surface area contributed by atoms with Crippen LogP contribution in [0.25, 0.3) is 10.9 Å². The van der Waals surface area contributed by atoms with Gasteiger partial charge < -0.3 is 25.0 Å². The van der Waals surface area contributed by atoms with E-state index >= 15 is 4.39 Å². The highest BCUT2D eigenvalue weighted by atomic mass is 32.2. The van der Waals surface area contributed by atoms with E-state index in [4.69, 9.17) is 15.0 Å². The Balaban J connectivity index is 0.000000588. The lowest BCUT2D eigenvalue weighted by Crippen LogP contribution is -2.52. The molecule has 2 heterocycles. The van der Waals surface area contributed by atoms with Crippen LogP contribution >= 0.6 is 0 Å². The Hall–Kier alpha value is -2.70. The largest absolute Gasteiger partial charge is 0.492 e. The van der Waals surface area contributed by atoms with Gasteiger partial charge in [0.1, 0.15) is 11.3 Å². The lowest BCUT2D eigenvalue weighted by Gasteiger charge is -2.44. The number of methoxy groups -OCH3 is 1. The average molecular weight is 500 g/mol. The third kappa shape index (κ3) is 5.34. The van der Waals surface area contributed by atoms with Gasteiger partial charge in [0.2, 0.25) is 5.43 Å². The molecule has 2 aliphatic rings. The number of halogens is 1. The molecule has 0 bridgehead atoms. The number of hydrogen-bond donors (Lipinski definition) is 3. The van der Waals surface area contributed by atoms with Crippen LogP contribution in [0.4, 0.5) is 10.1 Å². The minimum atomic E-state index is -3.67. The van der Waals surface area contributed by atoms with Crippen molar-refractivity contribution < 1.29 is 32.0 Å². The van der Waals surface area contributed by atoms with E-state index < -0.39 is 27.3 Å². The number of anilines is 1. The molecule has 2 fully saturated rings. The summed E-state index contributed by atoms with van der Waals surface area (Å²) in [5.74, 6) is -1.64. The molecule has 1 aromatic carbocycles. The number of pyridine rings is 1. The van der Waals surface area contributed by atoms with Crippen LogP contribution in [0.15, 0.2) is 17.1 Å². The number of carbonyl (C=O) groups is 1. The summed E-state index contributed by atoms with van der Waals surface area (Å²) in [6, 6.07) is 1.24. The molecule has 188 valence electrons. The van der Waals surface area contributed by atoms with Crippen LogP contribution in [0.3, 0.4) is 0 Å². The van der Waals surface area contributed by atoms with Crippen LogP contribution < -0.4 is 20.8 Å². The van der Waals surface area contributed by atoms with Gasteiger partial charge in [0, 0.05) is 31.4 Å². The van der Waals surface area contributed by atoms with Crippen LogP contribution in [0.2, 0.25) is 0 Å². The van der Waals surface area contributed by atoms with Crippen LogP contribution in [-0.4, -0.2) is 61.1 Å². The molecule has 0 spiro atoms. The normalized spacial score (nSPS) is 20.0. The van der Waals surface area contributed by atoms with Crippen molar-refractivity contribution >= 4 is 32.7 Å². The van der Waals surface area contributed by atoms with Crippen LogP contribution in [-0.2, 0) is 10.1 Å². The molecule has 4 N–H and O–H groups in total. The van der Waals surface area contributed by atoms with Gasteiger partial charge in [-0.3, -0.25) is 9.35 Å². The Labute approximate surface area is 196 Å². The first-order valence-electron chi connectivity index (χ1n) is 10.8. The molecule has 34 heavy (non-hydrogen) atoms. The predicted octanol–water partition coefficient (Wildman–Crippen LogP) is 2.25. The molecule has 2 aromatic rings. The highest BCUT2D eigenvalue weighted by Gasteiger charge is 2.37. The van der Waals surface area contributed by atoms with Crippen molar-refractivity contribution in [2.75, 3.05) is 31.4 Å². The van der Waals surface area contributed by atoms with Crippen molar-refractivity contribution in [3.05, 3.63) is 33.9 Å². The Morgan fingerprint density at radius 2 is 1.88 bits per heavy atom. The second kappa shape index (κ2) is 9.16. The molecule has 1 saturated carbocycles. The second-order valence-electron chi connectivity index (χ2n) is 9.49. The number of benzene rings is 1. The van der Waals surface area contributed by atoms with Gasteiger partial charge in [-0.1, -0.05) is 13.8 Å². The molecular formula is C22H30FN3O7S. The van der Waals surface area contributed by atoms with Crippen LogP contribution in [0, 0.1) is 11.2 Å². The fraction of sp³-hybridized carbons (Fsp3) is 0.545. The van der Waals surface area contributed by atoms with Crippen LogP contribution in [0.5, 0.6) is 5.75 Å². The molecule has 1 atom stereocenters. The first-order chi connectivity index (χ1) is 15.7. The number of nitrogens with two attached hydrogens (primary N) is 1. The van der Waals surface area contributed by atoms with Gasteiger partial charge in [0.05, 0.1) is 24.3 Å². The molecule has 10 nitrogen and oxygen atoms in total. The van der Waals surface area contributed by atoms with Gasteiger partial charge in [-0.15, -0.1) is 0 Å². The highest BCUT2D eigenvalue weighted by Crippen LogP contribution is 2.45. The Kier molecular flexibility index (Phi) is 6.98. The molecule has 1 saturated heterocycles. The van der Waals surface area contributed by atoms with Crippen molar-refractivity contribution in [1.82, 2.24) is 4.57 Å². The zero-order valence-electron chi connectivity index (χ0n) is 19.5. The number of carboxylic acids is 1. The standard InChI is InChI=1S/C21H26FN3O4.CH4O3S/c1-21(2)10-24(7-6-15(21)23)17-14(22)8-12-16(19(17)29-3)25(11-4-5-11)9-13(18(12)26)20(27)28;1-5(2,3)4/h8-9,11,15H,4-7,10,23H2,1-3H3,(H,27,28);1H3,(H,2,3,4)/t15-;/m1./s1. The molecule has 1 aliphatic carbocycles. The average Bonchev–Trinajstić information content (AvgIpc) is 3.53. The van der Waals surface area contributed by atoms with Gasteiger partial charge >= 0.3 is 5.97 Å². The number of fused-ring (bicyclic) bond motifs is 1. The summed E-state index contributed by atoms with van der Waals surface area (Å²) in [7, 11) is -2.22. The monoisotopic (exact) mass is 499 g/mol. The van der Waals surface area contributed by atoms with E-state index in [0.29, 0.717) is 37.0 Å². The number of carboxylic acid groups (broad SMARTS) is 1. The minimum absolute atomic E-state index is 0.0102. The number of ether oxygens (including phenoxy) is 1. The van der Waals surface area contributed by atoms with Crippen molar-refractivity contribution in [3.8, 4) is 5.75 Å². The number of piperidine rings is 1. The highest BCUT2D eigenvalue weighted by molar-refractivity contribution is 7.85. The quantitative estimate of drug-likeness (QED) is 0.538. The van der Waals surface area contributed by atoms with Gasteiger partial charge in [0.15, 0.2) is 11.6 Å². The SMILES string of the molecule is COc1c(N2CC[C@@H](N)C(C)(C)C2)c(F)cc2c(=O)c(C(=O)O)cn(C3CC3)c12.CS(=O)(=O)O. The minimum Gasteiger partial charge on any atom is -0.492 e. The van der Waals surface area contributed by atoms with Gasteiger partial charge in [0.25, 0.3) is 10.1 Å². The molecule has 4 rings (SSSR count). The maximum absolute atomic E-state index is 15.3. The summed E-state index contributed by atoms with van der Waals surface area (Å²) in [6.07, 6.45) is 4.54. The van der Waals surface area contributed by atoms with E-state index in [1.165, 1.54) is 13.3 Å². The van der Waals surface area contributed by atoms with E-state index in [9.17, 15) is 23.1 Å². The van der Waals surface area contributed by atoms with Gasteiger partial charge in [-0.05, 0) is 30.7 Å². The van der Waals surface area contributed by atoms with E-state index in [1.807, 2.05) is 4.90 Å². The van der Waals surface area contributed by atoms with Crippen molar-refractivity contribution in [3.63, 3.8) is 0 Å². The first kappa shape index (κ1) is 25.9. The summed E-state index contributed by atoms with van der Waals surface area (Å²) >= 11 is 0. The fourth-order valence-corrected chi connectivity index (χ4v) is 4.29. The zero-order chi connectivity index (χ0) is 25.6. The zero-order valence-corrected chi connectivity index (χ0v) is 20.4. The van der Waals surface area contributed by atoms with E-state index in [2.05, 4.69) is 13.8 Å². The smallest absolute Gasteiger partial charge is 0.341 e. The molecule has 1 aromatic heterocycles. The lowest BCUT2D eigenvalue weighted by molar-refractivity contribution is 0.0694. The maximum Gasteiger partial charge on any atom is 0.341 e. The Bertz CT molecular complexity index is 1280. The Morgan fingerprint density at radius 3 is 2.35 bits per heavy atom. The summed E-state index contributed by atoms with van der Waals surface area (Å²) in [4.78, 5) is 26.3.